The summed E-state index contributed by atoms with van der Waals surface area (Å²) in [6, 6.07) is 107. The number of hydrogen-bond acceptors (Lipinski definition) is 4. The number of hydrogen-bond donors (Lipinski definition) is 0. The molecule has 15 rings (SSSR count). The first kappa shape index (κ1) is 45.7. The van der Waals surface area contributed by atoms with Crippen molar-refractivity contribution in [2.24, 2.45) is 0 Å². The minimum Gasteiger partial charge on any atom is -0.310 e. The van der Waals surface area contributed by atoms with Crippen LogP contribution in [0.4, 0.5) is 34.1 Å². The van der Waals surface area contributed by atoms with E-state index in [1.807, 2.05) is 0 Å². The predicted octanol–water partition coefficient (Wildman–Crippen LogP) is 20.1. The standard InChI is InChI=1S/C74H49N5/c1-7-20-50(21-8-1)52-34-37-60(38-35-52)79-69-44-36-55(54-25-19-24-53(46-54)51-22-9-2-10-23-51)47-67(69)71-70(79)45-43-68-74(71)76-73-64-42-40-62(78(58-30-15-5-16-31-58)59-32-17-6-18-33-59)49-66(64)65-48-61(39-41-63(65)72(73)75-68)77(56-26-11-3-12-27-56)57-28-13-4-14-29-57/h1-49H. The molecule has 79 heavy (non-hydrogen) atoms. The van der Waals surface area contributed by atoms with Gasteiger partial charge in [-0.15, -0.1) is 0 Å². The fourth-order valence-corrected chi connectivity index (χ4v) is 11.8. The molecule has 0 aliphatic carbocycles. The van der Waals surface area contributed by atoms with Gasteiger partial charge in [-0.1, -0.05) is 182 Å². The highest BCUT2D eigenvalue weighted by atomic mass is 15.1. The maximum absolute atomic E-state index is 5.89. The van der Waals surface area contributed by atoms with E-state index in [2.05, 4.69) is 312 Å². The molecular weight excluding hydrogens is 959 g/mol. The van der Waals surface area contributed by atoms with Gasteiger partial charge in [0.15, 0.2) is 0 Å². The molecule has 0 unspecified atom stereocenters. The monoisotopic (exact) mass is 1010 g/mol. The maximum atomic E-state index is 5.89. The van der Waals surface area contributed by atoms with E-state index in [1.54, 1.807) is 0 Å². The summed E-state index contributed by atoms with van der Waals surface area (Å²) in [6.45, 7) is 0. The minimum atomic E-state index is 0.839. The number of para-hydroxylation sites is 4. The van der Waals surface area contributed by atoms with Crippen LogP contribution < -0.4 is 9.80 Å². The van der Waals surface area contributed by atoms with E-state index in [1.165, 1.54) is 22.3 Å². The van der Waals surface area contributed by atoms with Gasteiger partial charge in [0.1, 0.15) is 0 Å². The second kappa shape index (κ2) is 19.2. The Balaban J connectivity index is 1.01. The van der Waals surface area contributed by atoms with Crippen molar-refractivity contribution in [3.05, 3.63) is 297 Å². The first-order valence-electron chi connectivity index (χ1n) is 26.9. The van der Waals surface area contributed by atoms with E-state index >= 15 is 0 Å². The summed E-state index contributed by atoms with van der Waals surface area (Å²) in [5, 5.41) is 6.42. The zero-order valence-corrected chi connectivity index (χ0v) is 43.0. The van der Waals surface area contributed by atoms with E-state index in [-0.39, 0.29) is 0 Å². The Morgan fingerprint density at radius 3 is 1.16 bits per heavy atom. The quantitative estimate of drug-likeness (QED) is 0.101. The minimum absolute atomic E-state index is 0.839. The van der Waals surface area contributed by atoms with Gasteiger partial charge >= 0.3 is 0 Å². The van der Waals surface area contributed by atoms with Crippen molar-refractivity contribution in [3.8, 4) is 39.1 Å². The Morgan fingerprint density at radius 1 is 0.241 bits per heavy atom. The lowest BCUT2D eigenvalue weighted by Gasteiger charge is -2.27. The molecule has 0 atom stereocenters. The van der Waals surface area contributed by atoms with Crippen LogP contribution in [0.5, 0.6) is 0 Å². The van der Waals surface area contributed by atoms with Crippen LogP contribution in [-0.2, 0) is 0 Å². The van der Waals surface area contributed by atoms with E-state index in [0.717, 1.165) is 116 Å². The fraction of sp³-hybridized carbons (Fsp3) is 0. The molecule has 0 saturated carbocycles. The molecule has 0 amide bonds. The van der Waals surface area contributed by atoms with E-state index in [9.17, 15) is 0 Å². The lowest BCUT2D eigenvalue weighted by atomic mass is 9.96. The predicted molar refractivity (Wildman–Crippen MR) is 332 cm³/mol. The van der Waals surface area contributed by atoms with E-state index in [4.69, 9.17) is 9.97 Å². The summed E-state index contributed by atoms with van der Waals surface area (Å²) >= 11 is 0. The van der Waals surface area contributed by atoms with Gasteiger partial charge in [-0.3, -0.25) is 0 Å². The number of anilines is 6. The van der Waals surface area contributed by atoms with Gasteiger partial charge in [-0.2, -0.15) is 0 Å². The summed E-state index contributed by atoms with van der Waals surface area (Å²) in [5.74, 6) is 0. The molecule has 0 spiro atoms. The first-order chi connectivity index (χ1) is 39.2. The summed E-state index contributed by atoms with van der Waals surface area (Å²) in [7, 11) is 0. The van der Waals surface area contributed by atoms with Crippen LogP contribution in [0.25, 0.3) is 104 Å². The van der Waals surface area contributed by atoms with Crippen molar-refractivity contribution < 1.29 is 0 Å². The molecule has 0 saturated heterocycles. The molecule has 0 bridgehead atoms. The molecule has 0 radical (unpaired) electrons. The second-order valence-corrected chi connectivity index (χ2v) is 20.1. The Bertz CT molecular complexity index is 4660. The van der Waals surface area contributed by atoms with E-state index < -0.39 is 0 Å². The fourth-order valence-electron chi connectivity index (χ4n) is 11.8. The molecule has 5 nitrogen and oxygen atoms in total. The average Bonchev–Trinajstić information content (AvgIpc) is 4.03. The average molecular weight is 1010 g/mol. The number of rotatable bonds is 10. The van der Waals surface area contributed by atoms with Gasteiger partial charge in [-0.25, -0.2) is 9.97 Å². The van der Waals surface area contributed by atoms with Crippen LogP contribution in [0.1, 0.15) is 0 Å². The molecule has 5 heteroatoms. The summed E-state index contributed by atoms with van der Waals surface area (Å²) < 4.78 is 2.40. The van der Waals surface area contributed by atoms with Crippen molar-refractivity contribution in [2.75, 3.05) is 9.80 Å². The highest BCUT2D eigenvalue weighted by Crippen LogP contribution is 2.45. The van der Waals surface area contributed by atoms with Crippen molar-refractivity contribution in [3.63, 3.8) is 0 Å². The Morgan fingerprint density at radius 2 is 0.646 bits per heavy atom. The number of nitrogens with zero attached hydrogens (tertiary/aromatic N) is 5. The molecule has 0 fully saturated rings. The van der Waals surface area contributed by atoms with Gasteiger partial charge in [-0.05, 0) is 159 Å². The molecule has 0 aliphatic rings. The van der Waals surface area contributed by atoms with Crippen LogP contribution in [-0.4, -0.2) is 14.5 Å². The smallest absolute Gasteiger partial charge is 0.0995 e. The molecule has 0 aliphatic heterocycles. The second-order valence-electron chi connectivity index (χ2n) is 20.1. The largest absolute Gasteiger partial charge is 0.310 e. The van der Waals surface area contributed by atoms with Gasteiger partial charge in [0.05, 0.1) is 33.1 Å². The molecule has 15 aromatic rings. The summed E-state index contributed by atoms with van der Waals surface area (Å²) in [4.78, 5) is 16.3. The molecule has 370 valence electrons. The third-order valence-electron chi connectivity index (χ3n) is 15.5. The number of aromatic nitrogens is 3. The number of fused-ring (bicyclic) bond motifs is 11. The third-order valence-corrected chi connectivity index (χ3v) is 15.5. The molecule has 13 aromatic carbocycles. The molecule has 2 aromatic heterocycles. The topological polar surface area (TPSA) is 37.2 Å². The molecular formula is C74H49N5. The van der Waals surface area contributed by atoms with Crippen LogP contribution in [0, 0.1) is 0 Å². The normalized spacial score (nSPS) is 11.5. The van der Waals surface area contributed by atoms with Gasteiger partial charge in [0.25, 0.3) is 0 Å². The summed E-state index contributed by atoms with van der Waals surface area (Å²) in [5.41, 5.74) is 20.1. The Hall–Kier alpha value is -10.6. The van der Waals surface area contributed by atoms with Crippen LogP contribution in [0.15, 0.2) is 297 Å². The van der Waals surface area contributed by atoms with Gasteiger partial charge in [0.2, 0.25) is 0 Å². The highest BCUT2D eigenvalue weighted by Gasteiger charge is 2.23. The Labute approximate surface area is 457 Å². The zero-order valence-electron chi connectivity index (χ0n) is 43.0. The number of benzene rings is 13. The SMILES string of the molecule is c1ccc(-c2ccc(-n3c4ccc(-c5cccc(-c6ccccc6)c5)cc4c4c5nc6c7ccc(N(c8ccccc8)c8ccccc8)cc7c7cc(N(c8ccccc8)c8ccccc8)ccc7c6nc5ccc43)cc2)cc1. The maximum Gasteiger partial charge on any atom is 0.0995 e. The van der Waals surface area contributed by atoms with Crippen molar-refractivity contribution in [1.82, 2.24) is 14.5 Å². The zero-order chi connectivity index (χ0) is 52.2. The van der Waals surface area contributed by atoms with Gasteiger partial charge < -0.3 is 14.4 Å². The van der Waals surface area contributed by atoms with Crippen molar-refractivity contribution in [1.29, 1.82) is 0 Å². The van der Waals surface area contributed by atoms with Crippen molar-refractivity contribution >= 4 is 99.5 Å². The van der Waals surface area contributed by atoms with Crippen LogP contribution in [0.2, 0.25) is 0 Å². The Kier molecular flexibility index (Phi) is 11.1. The summed E-state index contributed by atoms with van der Waals surface area (Å²) in [6.07, 6.45) is 0. The lowest BCUT2D eigenvalue weighted by molar-refractivity contribution is 1.18. The van der Waals surface area contributed by atoms with Crippen LogP contribution in [0.3, 0.4) is 0 Å². The molecule has 0 N–H and O–H groups in total. The van der Waals surface area contributed by atoms with Crippen LogP contribution >= 0.6 is 0 Å². The van der Waals surface area contributed by atoms with E-state index in [0.29, 0.717) is 0 Å². The molecule has 2 heterocycles. The first-order valence-corrected chi connectivity index (χ1v) is 26.9. The lowest BCUT2D eigenvalue weighted by Crippen LogP contribution is -2.10. The third kappa shape index (κ3) is 8.03. The van der Waals surface area contributed by atoms with Crippen molar-refractivity contribution in [2.45, 2.75) is 0 Å². The van der Waals surface area contributed by atoms with Gasteiger partial charge in [0, 0.05) is 61.4 Å². The highest BCUT2D eigenvalue weighted by molar-refractivity contribution is 6.27.